The average Bonchev–Trinajstić information content (AvgIpc) is 2.32. The van der Waals surface area contributed by atoms with E-state index in [9.17, 15) is 0 Å². The van der Waals surface area contributed by atoms with Gasteiger partial charge in [0.05, 0.1) is 11.2 Å². The minimum absolute atomic E-state index is 0.0572. The number of nitrogens with one attached hydrogen (secondary N) is 1. The third-order valence-corrected chi connectivity index (χ3v) is 2.19. The number of H-pyrrole nitrogens is 1. The second-order valence-electron chi connectivity index (χ2n) is 2.33. The van der Waals surface area contributed by atoms with E-state index in [1.54, 1.807) is 0 Å². The van der Waals surface area contributed by atoms with Gasteiger partial charge in [-0.3, -0.25) is 0 Å². The molecule has 0 aliphatic carbocycles. The number of hydrogen-bond donors (Lipinski definition) is 3. The number of aromatic nitrogens is 1. The highest BCUT2D eigenvalue weighted by Crippen LogP contribution is 2.17. The highest BCUT2D eigenvalue weighted by atomic mass is 79.9. The van der Waals surface area contributed by atoms with Gasteiger partial charge in [0, 0.05) is 11.3 Å². The Morgan fingerprint density at radius 1 is 1.64 bits per heavy atom. The van der Waals surface area contributed by atoms with E-state index >= 15 is 0 Å². The summed E-state index contributed by atoms with van der Waals surface area (Å²) in [5.41, 5.74) is 7.31. The van der Waals surface area contributed by atoms with Crippen molar-refractivity contribution in [3.63, 3.8) is 0 Å². The quantitative estimate of drug-likeness (QED) is 0.703. The monoisotopic (exact) mass is 218 g/mol. The van der Waals surface area contributed by atoms with Crippen LogP contribution in [0.4, 0.5) is 0 Å². The number of hydrogen-bond acceptors (Lipinski definition) is 2. The summed E-state index contributed by atoms with van der Waals surface area (Å²) in [5, 5.41) is 8.82. The predicted octanol–water partition coefficient (Wildman–Crippen LogP) is 0.771. The average molecular weight is 219 g/mol. The molecule has 3 nitrogen and oxygen atoms in total. The molecule has 11 heavy (non-hydrogen) atoms. The summed E-state index contributed by atoms with van der Waals surface area (Å²) in [7, 11) is 0. The molecule has 0 spiro atoms. The minimum atomic E-state index is 0.0572. The fourth-order valence-corrected chi connectivity index (χ4v) is 1.43. The summed E-state index contributed by atoms with van der Waals surface area (Å²) in [6.45, 7) is 0.680. The van der Waals surface area contributed by atoms with E-state index in [0.29, 0.717) is 6.54 Å². The van der Waals surface area contributed by atoms with Gasteiger partial charge in [0.15, 0.2) is 0 Å². The van der Waals surface area contributed by atoms with Crippen LogP contribution in [-0.2, 0) is 13.0 Å². The van der Waals surface area contributed by atoms with Crippen molar-refractivity contribution >= 4 is 15.9 Å². The Balaban J connectivity index is 2.77. The molecule has 0 bridgehead atoms. The molecule has 0 amide bonds. The Bertz CT molecular complexity index is 234. The van der Waals surface area contributed by atoms with Crippen molar-refractivity contribution in [3.05, 3.63) is 21.9 Å². The van der Waals surface area contributed by atoms with Gasteiger partial charge in [-0.15, -0.1) is 0 Å². The first kappa shape index (κ1) is 8.77. The molecule has 1 aromatic heterocycles. The summed E-state index contributed by atoms with van der Waals surface area (Å²) >= 11 is 3.29. The molecule has 0 unspecified atom stereocenters. The zero-order valence-corrected chi connectivity index (χ0v) is 7.69. The Morgan fingerprint density at radius 2 is 2.36 bits per heavy atom. The number of aliphatic hydroxyl groups excluding tert-OH is 1. The van der Waals surface area contributed by atoms with Gasteiger partial charge in [0.1, 0.15) is 0 Å². The van der Waals surface area contributed by atoms with Crippen molar-refractivity contribution in [2.45, 2.75) is 13.0 Å². The third kappa shape index (κ3) is 2.05. The van der Waals surface area contributed by atoms with Gasteiger partial charge in [-0.2, -0.15) is 0 Å². The normalized spacial score (nSPS) is 10.5. The van der Waals surface area contributed by atoms with Gasteiger partial charge in [-0.05, 0) is 35.0 Å². The van der Waals surface area contributed by atoms with Crippen molar-refractivity contribution in [1.29, 1.82) is 0 Å². The van der Waals surface area contributed by atoms with Crippen LogP contribution >= 0.6 is 15.9 Å². The molecule has 0 saturated carbocycles. The van der Waals surface area contributed by atoms with Crippen molar-refractivity contribution in [1.82, 2.24) is 4.98 Å². The van der Waals surface area contributed by atoms with Crippen LogP contribution < -0.4 is 5.73 Å². The lowest BCUT2D eigenvalue weighted by Crippen LogP contribution is -2.02. The molecule has 1 aromatic rings. The smallest absolute Gasteiger partial charge is 0.0878 e. The second kappa shape index (κ2) is 3.90. The molecule has 0 fully saturated rings. The first-order valence-electron chi connectivity index (χ1n) is 3.45. The first-order valence-corrected chi connectivity index (χ1v) is 4.24. The van der Waals surface area contributed by atoms with Crippen LogP contribution in [0.25, 0.3) is 0 Å². The number of rotatable bonds is 3. The van der Waals surface area contributed by atoms with Crippen molar-refractivity contribution in [2.24, 2.45) is 5.73 Å². The van der Waals surface area contributed by atoms with Gasteiger partial charge in [-0.1, -0.05) is 0 Å². The highest BCUT2D eigenvalue weighted by molar-refractivity contribution is 9.10. The molecular weight excluding hydrogens is 208 g/mol. The lowest BCUT2D eigenvalue weighted by atomic mass is 10.3. The van der Waals surface area contributed by atoms with Gasteiger partial charge < -0.3 is 15.8 Å². The van der Waals surface area contributed by atoms with Crippen LogP contribution in [0.3, 0.4) is 0 Å². The van der Waals surface area contributed by atoms with E-state index in [4.69, 9.17) is 10.8 Å². The summed E-state index contributed by atoms with van der Waals surface area (Å²) in [6.07, 6.45) is 0.818. The van der Waals surface area contributed by atoms with Gasteiger partial charge in [-0.25, -0.2) is 0 Å². The maximum atomic E-state index is 8.82. The van der Waals surface area contributed by atoms with Crippen molar-refractivity contribution in [2.75, 3.05) is 6.54 Å². The first-order chi connectivity index (χ1) is 5.27. The minimum Gasteiger partial charge on any atom is -0.392 e. The van der Waals surface area contributed by atoms with Crippen LogP contribution in [0.15, 0.2) is 10.7 Å². The van der Waals surface area contributed by atoms with Crippen LogP contribution in [0.1, 0.15) is 11.3 Å². The molecule has 62 valence electrons. The van der Waals surface area contributed by atoms with E-state index in [-0.39, 0.29) is 6.61 Å². The number of nitrogens with two attached hydrogens (primary N) is 1. The standard InChI is InChI=1S/C7H11BrN2O/c8-7-5(4-11)3-6(10-7)1-2-9/h3,10-11H,1-2,4,9H2. The van der Waals surface area contributed by atoms with E-state index in [2.05, 4.69) is 20.9 Å². The highest BCUT2D eigenvalue weighted by Gasteiger charge is 2.02. The Kier molecular flexibility index (Phi) is 3.11. The molecule has 0 saturated heterocycles. The summed E-state index contributed by atoms with van der Waals surface area (Å²) < 4.78 is 0.850. The topological polar surface area (TPSA) is 62.0 Å². The zero-order valence-electron chi connectivity index (χ0n) is 6.10. The summed E-state index contributed by atoms with van der Waals surface area (Å²) in [6, 6.07) is 1.91. The molecule has 0 radical (unpaired) electrons. The van der Waals surface area contributed by atoms with Crippen LogP contribution in [0.5, 0.6) is 0 Å². The fraction of sp³-hybridized carbons (Fsp3) is 0.429. The molecule has 4 N–H and O–H groups in total. The van der Waals surface area contributed by atoms with Crippen molar-refractivity contribution < 1.29 is 5.11 Å². The molecule has 4 heteroatoms. The maximum Gasteiger partial charge on any atom is 0.0878 e. The fourth-order valence-electron chi connectivity index (χ4n) is 0.936. The summed E-state index contributed by atoms with van der Waals surface area (Å²) in [5.74, 6) is 0. The van der Waals surface area contributed by atoms with Gasteiger partial charge in [0.25, 0.3) is 0 Å². The van der Waals surface area contributed by atoms with Gasteiger partial charge >= 0.3 is 0 Å². The molecule has 1 heterocycles. The molecule has 1 rings (SSSR count). The SMILES string of the molecule is NCCc1cc(CO)c(Br)[nH]1. The molecule has 0 aromatic carbocycles. The predicted molar refractivity (Wildman–Crippen MR) is 47.2 cm³/mol. The van der Waals surface area contributed by atoms with Crippen LogP contribution in [0, 0.1) is 0 Å². The zero-order chi connectivity index (χ0) is 8.27. The Labute approximate surface area is 73.7 Å². The summed E-state index contributed by atoms with van der Waals surface area (Å²) in [4.78, 5) is 3.07. The second-order valence-corrected chi connectivity index (χ2v) is 3.12. The van der Waals surface area contributed by atoms with E-state index < -0.39 is 0 Å². The maximum absolute atomic E-state index is 8.82. The van der Waals surface area contributed by atoms with Crippen LogP contribution in [-0.4, -0.2) is 16.6 Å². The van der Waals surface area contributed by atoms with Gasteiger partial charge in [0.2, 0.25) is 0 Å². The molecule has 0 aliphatic rings. The third-order valence-electron chi connectivity index (χ3n) is 1.48. The molecular formula is C7H11BrN2O. The van der Waals surface area contributed by atoms with Crippen molar-refractivity contribution in [3.8, 4) is 0 Å². The van der Waals surface area contributed by atoms with E-state index in [0.717, 1.165) is 22.3 Å². The number of halogens is 1. The Morgan fingerprint density at radius 3 is 2.82 bits per heavy atom. The lowest BCUT2D eigenvalue weighted by molar-refractivity contribution is 0.281. The largest absolute Gasteiger partial charge is 0.392 e. The Hall–Kier alpha value is -0.320. The van der Waals surface area contributed by atoms with E-state index in [1.807, 2.05) is 6.07 Å². The molecule has 0 aliphatic heterocycles. The van der Waals surface area contributed by atoms with E-state index in [1.165, 1.54) is 0 Å². The number of aromatic amines is 1. The molecule has 0 atom stereocenters. The lowest BCUT2D eigenvalue weighted by Gasteiger charge is -1.89. The number of aliphatic hydroxyl groups is 1. The van der Waals surface area contributed by atoms with Crippen LogP contribution in [0.2, 0.25) is 0 Å².